The van der Waals surface area contributed by atoms with E-state index in [0.29, 0.717) is 49.2 Å². The largest absolute Gasteiger partial charge is 0.352 e. The number of amides is 1. The van der Waals surface area contributed by atoms with Gasteiger partial charge in [0, 0.05) is 43.7 Å². The molecule has 0 atom stereocenters. The number of carbonyl (C=O) groups is 1. The second kappa shape index (κ2) is 7.91. The lowest BCUT2D eigenvalue weighted by molar-refractivity contribution is -0.132. The normalized spacial score (nSPS) is 14.8. The van der Waals surface area contributed by atoms with E-state index in [-0.39, 0.29) is 11.5 Å². The molecule has 2 aromatic rings. The van der Waals surface area contributed by atoms with Gasteiger partial charge in [0.25, 0.3) is 5.56 Å². The molecule has 0 spiro atoms. The van der Waals surface area contributed by atoms with E-state index in [4.69, 9.17) is 11.6 Å². The third-order valence-electron chi connectivity index (χ3n) is 4.38. The van der Waals surface area contributed by atoms with Crippen LogP contribution in [0.2, 0.25) is 5.02 Å². The van der Waals surface area contributed by atoms with Gasteiger partial charge in [-0.2, -0.15) is 4.68 Å². The maximum atomic E-state index is 12.2. The number of piperazine rings is 1. The maximum absolute atomic E-state index is 12.2. The van der Waals surface area contributed by atoms with E-state index in [1.165, 1.54) is 10.7 Å². The van der Waals surface area contributed by atoms with Crippen LogP contribution in [0.15, 0.2) is 41.2 Å². The molecule has 3 rings (SSSR count). The van der Waals surface area contributed by atoms with E-state index in [9.17, 15) is 9.59 Å². The first kappa shape index (κ1) is 18.5. The lowest BCUT2D eigenvalue weighted by atomic mass is 10.1. The number of anilines is 1. The number of hydrogen-bond donors (Lipinski definition) is 0. The summed E-state index contributed by atoms with van der Waals surface area (Å²) in [7, 11) is 0. The van der Waals surface area contributed by atoms with Crippen molar-refractivity contribution < 1.29 is 4.79 Å². The van der Waals surface area contributed by atoms with Crippen LogP contribution >= 0.6 is 11.6 Å². The predicted octanol–water partition coefficient (Wildman–Crippen LogP) is 2.58. The molecule has 1 saturated heterocycles. The van der Waals surface area contributed by atoms with Crippen molar-refractivity contribution >= 4 is 23.3 Å². The number of aromatic nitrogens is 2. The Kier molecular flexibility index (Phi) is 5.61. The first-order chi connectivity index (χ1) is 12.4. The van der Waals surface area contributed by atoms with Crippen molar-refractivity contribution in [1.29, 1.82) is 0 Å². The first-order valence-corrected chi connectivity index (χ1v) is 9.21. The Morgan fingerprint density at radius 3 is 2.54 bits per heavy atom. The molecule has 1 amide bonds. The molecule has 0 saturated carbocycles. The molecule has 7 heteroatoms. The van der Waals surface area contributed by atoms with Crippen molar-refractivity contribution in [2.45, 2.75) is 20.3 Å². The lowest BCUT2D eigenvalue weighted by Gasteiger charge is -2.35. The summed E-state index contributed by atoms with van der Waals surface area (Å²) in [5.41, 5.74) is 0.428. The van der Waals surface area contributed by atoms with Gasteiger partial charge in [-0.3, -0.25) is 9.59 Å². The number of nitrogens with zero attached hydrogens (tertiary/aromatic N) is 4. The average Bonchev–Trinajstić information content (AvgIpc) is 2.62. The minimum Gasteiger partial charge on any atom is -0.352 e. The summed E-state index contributed by atoms with van der Waals surface area (Å²) in [6, 6.07) is 10.3. The summed E-state index contributed by atoms with van der Waals surface area (Å²) in [6.45, 7) is 6.84. The molecule has 1 aromatic heterocycles. The summed E-state index contributed by atoms with van der Waals surface area (Å²) in [4.78, 5) is 28.4. The van der Waals surface area contributed by atoms with Crippen LogP contribution in [0, 0.1) is 5.92 Å². The molecule has 138 valence electrons. The molecule has 26 heavy (non-hydrogen) atoms. The van der Waals surface area contributed by atoms with Gasteiger partial charge >= 0.3 is 0 Å². The zero-order valence-electron chi connectivity index (χ0n) is 15.1. The van der Waals surface area contributed by atoms with E-state index < -0.39 is 0 Å². The molecular formula is C19H23ClN4O2. The Morgan fingerprint density at radius 2 is 1.88 bits per heavy atom. The highest BCUT2D eigenvalue weighted by Crippen LogP contribution is 2.16. The summed E-state index contributed by atoms with van der Waals surface area (Å²) < 4.78 is 1.36. The van der Waals surface area contributed by atoms with E-state index in [1.807, 2.05) is 4.90 Å². The second-order valence-corrected chi connectivity index (χ2v) is 7.32. The number of benzene rings is 1. The van der Waals surface area contributed by atoms with Gasteiger partial charge in [-0.1, -0.05) is 31.5 Å². The van der Waals surface area contributed by atoms with Crippen LogP contribution in [0.4, 0.5) is 5.82 Å². The quantitative estimate of drug-likeness (QED) is 0.825. The van der Waals surface area contributed by atoms with Crippen molar-refractivity contribution in [3.05, 3.63) is 51.8 Å². The number of rotatable bonds is 4. The van der Waals surface area contributed by atoms with Gasteiger partial charge in [0.15, 0.2) is 0 Å². The average molecular weight is 375 g/mol. The summed E-state index contributed by atoms with van der Waals surface area (Å²) >= 11 is 6.03. The summed E-state index contributed by atoms with van der Waals surface area (Å²) in [5, 5.41) is 5.05. The molecule has 1 aliphatic rings. The van der Waals surface area contributed by atoms with Crippen LogP contribution in [0.1, 0.15) is 20.3 Å². The van der Waals surface area contributed by atoms with Gasteiger partial charge < -0.3 is 9.80 Å². The minimum atomic E-state index is -0.207. The van der Waals surface area contributed by atoms with Gasteiger partial charge in [0.2, 0.25) is 5.91 Å². The van der Waals surface area contributed by atoms with Crippen molar-refractivity contribution in [2.75, 3.05) is 31.1 Å². The van der Waals surface area contributed by atoms with E-state index in [0.717, 1.165) is 5.82 Å². The topological polar surface area (TPSA) is 58.4 Å². The van der Waals surface area contributed by atoms with Crippen molar-refractivity contribution in [3.63, 3.8) is 0 Å². The third kappa shape index (κ3) is 4.25. The van der Waals surface area contributed by atoms with Crippen LogP contribution in [-0.4, -0.2) is 46.8 Å². The fourth-order valence-electron chi connectivity index (χ4n) is 3.03. The van der Waals surface area contributed by atoms with Crippen LogP contribution < -0.4 is 10.5 Å². The Hall–Kier alpha value is -2.34. The monoisotopic (exact) mass is 374 g/mol. The van der Waals surface area contributed by atoms with Gasteiger partial charge in [-0.05, 0) is 30.2 Å². The van der Waals surface area contributed by atoms with Gasteiger partial charge in [0.1, 0.15) is 5.82 Å². The van der Waals surface area contributed by atoms with Crippen LogP contribution in [0.3, 0.4) is 0 Å². The van der Waals surface area contributed by atoms with Gasteiger partial charge in [-0.25, -0.2) is 0 Å². The first-order valence-electron chi connectivity index (χ1n) is 8.83. The van der Waals surface area contributed by atoms with Crippen molar-refractivity contribution in [2.24, 2.45) is 5.92 Å². The van der Waals surface area contributed by atoms with E-state index in [1.54, 1.807) is 30.3 Å². The van der Waals surface area contributed by atoms with Crippen LogP contribution in [-0.2, 0) is 4.79 Å². The Labute approximate surface area is 158 Å². The highest BCUT2D eigenvalue weighted by molar-refractivity contribution is 6.30. The fourth-order valence-corrected chi connectivity index (χ4v) is 3.21. The van der Waals surface area contributed by atoms with Gasteiger partial charge in [0.05, 0.1) is 5.69 Å². The Bertz CT molecular complexity index is 841. The predicted molar refractivity (Wildman–Crippen MR) is 103 cm³/mol. The molecule has 0 N–H and O–H groups in total. The molecular weight excluding hydrogens is 352 g/mol. The molecule has 0 aliphatic carbocycles. The van der Waals surface area contributed by atoms with Crippen LogP contribution in [0.5, 0.6) is 0 Å². The van der Waals surface area contributed by atoms with Gasteiger partial charge in [-0.15, -0.1) is 5.10 Å². The molecule has 0 unspecified atom stereocenters. The molecule has 1 fully saturated rings. The van der Waals surface area contributed by atoms with Crippen LogP contribution in [0.25, 0.3) is 5.69 Å². The van der Waals surface area contributed by atoms with Crippen molar-refractivity contribution in [3.8, 4) is 5.69 Å². The Balaban J connectivity index is 1.74. The summed E-state index contributed by atoms with van der Waals surface area (Å²) in [6.07, 6.45) is 0.581. The molecule has 2 heterocycles. The van der Waals surface area contributed by atoms with E-state index >= 15 is 0 Å². The highest BCUT2D eigenvalue weighted by atomic mass is 35.5. The zero-order chi connectivity index (χ0) is 18.7. The van der Waals surface area contributed by atoms with E-state index in [2.05, 4.69) is 23.8 Å². The molecule has 0 bridgehead atoms. The molecule has 1 aliphatic heterocycles. The molecule has 0 radical (unpaired) electrons. The van der Waals surface area contributed by atoms with Crippen molar-refractivity contribution in [1.82, 2.24) is 14.7 Å². The zero-order valence-corrected chi connectivity index (χ0v) is 15.8. The maximum Gasteiger partial charge on any atom is 0.271 e. The Morgan fingerprint density at radius 1 is 1.15 bits per heavy atom. The fraction of sp³-hybridized carbons (Fsp3) is 0.421. The number of hydrogen-bond acceptors (Lipinski definition) is 4. The smallest absolute Gasteiger partial charge is 0.271 e. The molecule has 1 aromatic carbocycles. The molecule has 6 nitrogen and oxygen atoms in total. The standard InChI is InChI=1S/C19H23ClN4O2/c1-14(2)12-19(26)23-10-8-22(9-11-23)17-6-7-18(25)24(21-17)16-5-3-4-15(20)13-16/h3-7,13-14H,8-12H2,1-2H3. The third-order valence-corrected chi connectivity index (χ3v) is 4.61. The second-order valence-electron chi connectivity index (χ2n) is 6.89. The SMILES string of the molecule is CC(C)CC(=O)N1CCN(c2ccc(=O)n(-c3cccc(Cl)c3)n2)CC1. The number of carbonyl (C=O) groups excluding carboxylic acids is 1. The number of halogens is 1. The summed E-state index contributed by atoms with van der Waals surface area (Å²) in [5.74, 6) is 1.29. The minimum absolute atomic E-state index is 0.205. The highest BCUT2D eigenvalue weighted by Gasteiger charge is 2.22. The lowest BCUT2D eigenvalue weighted by Crippen LogP contribution is -2.49.